The largest absolute Gasteiger partial charge is 0.444 e. The predicted molar refractivity (Wildman–Crippen MR) is 177 cm³/mol. The summed E-state index contributed by atoms with van der Waals surface area (Å²) in [6, 6.07) is 11.7. The maximum absolute atomic E-state index is 15.0. The Morgan fingerprint density at radius 2 is 1.84 bits per heavy atom. The summed E-state index contributed by atoms with van der Waals surface area (Å²) in [4.78, 5) is 40.1. The SMILES string of the molecule is Cc1cc(Br)cc(C(C)C)c1-n1c(=O)nc(N2CCN(C(=O)OC(C)(C)C)C[C@@H]2C)c2cc(Cl)c(-c3ccccc3F)nc21. The first kappa shape index (κ1) is 31.9. The van der Waals surface area contributed by atoms with Crippen LogP contribution in [0.2, 0.25) is 5.02 Å². The van der Waals surface area contributed by atoms with Crippen molar-refractivity contribution in [2.75, 3.05) is 24.5 Å². The van der Waals surface area contributed by atoms with Crippen molar-refractivity contribution in [2.24, 2.45) is 0 Å². The second-order valence-electron chi connectivity index (χ2n) is 12.5. The van der Waals surface area contributed by atoms with Gasteiger partial charge in [0.2, 0.25) is 0 Å². The van der Waals surface area contributed by atoms with Crippen molar-refractivity contribution in [3.8, 4) is 16.9 Å². The average Bonchev–Trinajstić information content (AvgIpc) is 2.92. The average molecular weight is 685 g/mol. The highest BCUT2D eigenvalue weighted by Gasteiger charge is 2.33. The Labute approximate surface area is 269 Å². The van der Waals surface area contributed by atoms with Gasteiger partial charge in [-0.3, -0.25) is 0 Å². The van der Waals surface area contributed by atoms with Crippen LogP contribution in [0, 0.1) is 12.7 Å². The van der Waals surface area contributed by atoms with E-state index in [1.54, 1.807) is 29.2 Å². The number of piperazine rings is 1. The molecule has 0 aliphatic carbocycles. The predicted octanol–water partition coefficient (Wildman–Crippen LogP) is 7.88. The molecule has 1 atom stereocenters. The fourth-order valence-corrected chi connectivity index (χ4v) is 6.48. The lowest BCUT2D eigenvalue weighted by Gasteiger charge is -2.41. The standard InChI is InChI=1S/C33H36BrClFN5O3/c1-18(2)23-15-21(34)14-19(3)28(23)41-30-24(16-25(35)27(37-30)22-10-8-9-11-26(22)36)29(38-31(41)42)40-13-12-39(17-20(40)4)32(43)44-33(5,6)7/h8-11,14-16,18,20H,12-13,17H2,1-7H3/t20-/m0/s1. The van der Waals surface area contributed by atoms with Crippen LogP contribution in [0.15, 0.2) is 51.7 Å². The molecule has 0 unspecified atom stereocenters. The van der Waals surface area contributed by atoms with Crippen molar-refractivity contribution < 1.29 is 13.9 Å². The van der Waals surface area contributed by atoms with Crippen LogP contribution < -0.4 is 10.6 Å². The van der Waals surface area contributed by atoms with E-state index in [1.807, 2.05) is 51.7 Å². The Morgan fingerprint density at radius 3 is 2.48 bits per heavy atom. The smallest absolute Gasteiger partial charge is 0.410 e. The van der Waals surface area contributed by atoms with Crippen LogP contribution in [0.5, 0.6) is 0 Å². The van der Waals surface area contributed by atoms with Crippen molar-refractivity contribution in [1.82, 2.24) is 19.4 Å². The van der Waals surface area contributed by atoms with E-state index in [0.717, 1.165) is 15.6 Å². The number of pyridine rings is 1. The number of aromatic nitrogens is 3. The third kappa shape index (κ3) is 6.19. The van der Waals surface area contributed by atoms with Crippen LogP contribution in [-0.4, -0.2) is 56.8 Å². The molecule has 3 heterocycles. The van der Waals surface area contributed by atoms with E-state index in [-0.39, 0.29) is 34.3 Å². The van der Waals surface area contributed by atoms with Gasteiger partial charge in [0, 0.05) is 35.7 Å². The highest BCUT2D eigenvalue weighted by molar-refractivity contribution is 9.10. The van der Waals surface area contributed by atoms with Crippen molar-refractivity contribution in [2.45, 2.75) is 66.0 Å². The molecule has 5 rings (SSSR count). The van der Waals surface area contributed by atoms with Crippen LogP contribution in [0.3, 0.4) is 0 Å². The molecule has 4 aromatic rings. The monoisotopic (exact) mass is 683 g/mol. The zero-order valence-electron chi connectivity index (χ0n) is 25.9. The summed E-state index contributed by atoms with van der Waals surface area (Å²) in [6.45, 7) is 14.7. The quantitative estimate of drug-likeness (QED) is 0.218. The number of carbonyl (C=O) groups excluding carboxylic acids is 1. The van der Waals surface area contributed by atoms with E-state index in [2.05, 4.69) is 34.8 Å². The molecule has 0 radical (unpaired) electrons. The molecule has 1 fully saturated rings. The molecule has 11 heteroatoms. The van der Waals surface area contributed by atoms with E-state index in [9.17, 15) is 9.59 Å². The van der Waals surface area contributed by atoms with E-state index in [0.29, 0.717) is 42.2 Å². The van der Waals surface area contributed by atoms with Crippen molar-refractivity contribution in [3.05, 3.63) is 79.4 Å². The number of hydrogen-bond donors (Lipinski definition) is 0. The topological polar surface area (TPSA) is 80.6 Å². The lowest BCUT2D eigenvalue weighted by Crippen LogP contribution is -2.55. The molecule has 0 saturated carbocycles. The number of benzene rings is 2. The molecule has 2 aromatic heterocycles. The summed E-state index contributed by atoms with van der Waals surface area (Å²) in [7, 11) is 0. The number of hydrogen-bond acceptors (Lipinski definition) is 6. The van der Waals surface area contributed by atoms with Crippen molar-refractivity contribution >= 4 is 50.5 Å². The molecule has 8 nitrogen and oxygen atoms in total. The maximum Gasteiger partial charge on any atom is 0.410 e. The molecule has 0 N–H and O–H groups in total. The van der Waals surface area contributed by atoms with Crippen LogP contribution in [0.25, 0.3) is 28.0 Å². The minimum Gasteiger partial charge on any atom is -0.444 e. The molecule has 44 heavy (non-hydrogen) atoms. The number of aryl methyl sites for hydroxylation is 1. The van der Waals surface area contributed by atoms with Gasteiger partial charge >= 0.3 is 11.8 Å². The molecule has 0 bridgehead atoms. The van der Waals surface area contributed by atoms with E-state index in [1.165, 1.54) is 10.6 Å². The lowest BCUT2D eigenvalue weighted by molar-refractivity contribution is 0.0218. The minimum absolute atomic E-state index is 0.0714. The summed E-state index contributed by atoms with van der Waals surface area (Å²) >= 11 is 10.4. The number of nitrogens with zero attached hydrogens (tertiary/aromatic N) is 5. The van der Waals surface area contributed by atoms with Gasteiger partial charge < -0.3 is 14.5 Å². The maximum atomic E-state index is 15.0. The molecule has 232 valence electrons. The van der Waals surface area contributed by atoms with Gasteiger partial charge in [0.05, 0.1) is 21.8 Å². The fourth-order valence-electron chi connectivity index (χ4n) is 5.64. The van der Waals surface area contributed by atoms with Gasteiger partial charge in [0.1, 0.15) is 17.2 Å². The number of carbonyl (C=O) groups is 1. The zero-order valence-corrected chi connectivity index (χ0v) is 28.3. The molecule has 1 saturated heterocycles. The highest BCUT2D eigenvalue weighted by atomic mass is 79.9. The summed E-state index contributed by atoms with van der Waals surface area (Å²) in [5, 5.41) is 0.775. The Bertz CT molecular complexity index is 1820. The van der Waals surface area contributed by atoms with Gasteiger partial charge in [0.15, 0.2) is 5.65 Å². The Hall–Kier alpha value is -3.50. The third-order valence-electron chi connectivity index (χ3n) is 7.62. The number of anilines is 1. The fraction of sp³-hybridized carbons (Fsp3) is 0.394. The number of ether oxygens (including phenoxy) is 1. The zero-order chi connectivity index (χ0) is 32.1. The first-order valence-electron chi connectivity index (χ1n) is 14.6. The van der Waals surface area contributed by atoms with Gasteiger partial charge in [-0.15, -0.1) is 0 Å². The Kier molecular flexibility index (Phi) is 8.79. The Balaban J connectivity index is 1.74. The molecule has 0 spiro atoms. The van der Waals surface area contributed by atoms with Gasteiger partial charge in [0.25, 0.3) is 0 Å². The number of halogens is 3. The first-order chi connectivity index (χ1) is 20.7. The molecule has 1 aliphatic rings. The van der Waals surface area contributed by atoms with Gasteiger partial charge in [-0.2, -0.15) is 4.98 Å². The van der Waals surface area contributed by atoms with Crippen molar-refractivity contribution in [3.63, 3.8) is 0 Å². The minimum atomic E-state index is -0.613. The van der Waals surface area contributed by atoms with Gasteiger partial charge in [-0.1, -0.05) is 53.5 Å². The van der Waals surface area contributed by atoms with E-state index < -0.39 is 17.1 Å². The number of amides is 1. The van der Waals surface area contributed by atoms with Gasteiger partial charge in [-0.05, 0) is 82.0 Å². The summed E-state index contributed by atoms with van der Waals surface area (Å²) in [6.07, 6.45) is -0.386. The van der Waals surface area contributed by atoms with Crippen LogP contribution in [0.4, 0.5) is 15.0 Å². The first-order valence-corrected chi connectivity index (χ1v) is 15.8. The summed E-state index contributed by atoms with van der Waals surface area (Å²) < 4.78 is 23.0. The van der Waals surface area contributed by atoms with Crippen LogP contribution in [-0.2, 0) is 4.74 Å². The molecule has 1 amide bonds. The Morgan fingerprint density at radius 1 is 1.14 bits per heavy atom. The summed E-state index contributed by atoms with van der Waals surface area (Å²) in [5.41, 5.74) is 2.10. The van der Waals surface area contributed by atoms with Crippen LogP contribution in [0.1, 0.15) is 58.6 Å². The highest BCUT2D eigenvalue weighted by Crippen LogP contribution is 2.37. The number of rotatable bonds is 4. The van der Waals surface area contributed by atoms with Crippen LogP contribution >= 0.6 is 27.5 Å². The number of fused-ring (bicyclic) bond motifs is 1. The molecule has 1 aliphatic heterocycles. The third-order valence-corrected chi connectivity index (χ3v) is 8.37. The van der Waals surface area contributed by atoms with E-state index in [4.69, 9.17) is 21.3 Å². The van der Waals surface area contributed by atoms with Crippen molar-refractivity contribution in [1.29, 1.82) is 0 Å². The molecular formula is C33H36BrClFN5O3. The lowest BCUT2D eigenvalue weighted by atomic mass is 9.98. The van der Waals surface area contributed by atoms with E-state index >= 15 is 4.39 Å². The normalized spacial score (nSPS) is 15.8. The summed E-state index contributed by atoms with van der Waals surface area (Å²) in [5.74, 6) is 0.00839. The molecular weight excluding hydrogens is 649 g/mol. The second-order valence-corrected chi connectivity index (χ2v) is 13.8. The molecule has 2 aromatic carbocycles. The van der Waals surface area contributed by atoms with Gasteiger partial charge in [-0.25, -0.2) is 23.5 Å². The second kappa shape index (κ2) is 12.1.